The lowest BCUT2D eigenvalue weighted by Gasteiger charge is -2.47. The van der Waals surface area contributed by atoms with Crippen LogP contribution in [0.1, 0.15) is 41.8 Å². The molecule has 1 aliphatic rings. The van der Waals surface area contributed by atoms with Crippen molar-refractivity contribution in [2.24, 2.45) is 0 Å². The summed E-state index contributed by atoms with van der Waals surface area (Å²) in [6, 6.07) is 5.53. The largest absolute Gasteiger partial charge is 0.415 e. The van der Waals surface area contributed by atoms with Gasteiger partial charge in [-0.25, -0.2) is 4.39 Å². The van der Waals surface area contributed by atoms with E-state index in [2.05, 4.69) is 4.98 Å². The van der Waals surface area contributed by atoms with E-state index >= 15 is 0 Å². The van der Waals surface area contributed by atoms with Gasteiger partial charge in [0.15, 0.2) is 5.16 Å². The second-order valence-corrected chi connectivity index (χ2v) is 15.7. The zero-order valence-corrected chi connectivity index (χ0v) is 34.2. The smallest absolute Gasteiger partial charge is 0.336 e. The summed E-state index contributed by atoms with van der Waals surface area (Å²) in [6.07, 6.45) is -5.02. The minimum atomic E-state index is -5.02. The van der Waals surface area contributed by atoms with Crippen molar-refractivity contribution in [1.82, 2.24) is 19.4 Å². The molecule has 1 aromatic heterocycles. The quantitative estimate of drug-likeness (QED) is 0.0586. The fourth-order valence-corrected chi connectivity index (χ4v) is 8.26. The van der Waals surface area contributed by atoms with Gasteiger partial charge in [-0.2, -0.15) is 18.2 Å². The standard InChI is InChI=1S/C36H24B14F4N4O2S/c1-3-56(4-2)9-10-57(11-16-22(37)24(39)18(25(40)23(16)38)19-26(41)28(43)20(35(52,53)54)29(44)27(19)42)17(59)12-58-30-21(33(45,46)36(49,50)34(30,47)48)31(60)55-32(58)61-13-14-5-7-15(51)8-6-14/h5-8H,3-4,9-13H2,1-2H3. The Labute approximate surface area is 376 Å². The van der Waals surface area contributed by atoms with Crippen LogP contribution < -0.4 is 49.3 Å². The number of carbonyl (C=O) groups excluding carboxylic acids is 1. The Hall–Kier alpha value is -3.05. The second kappa shape index (κ2) is 17.8. The van der Waals surface area contributed by atoms with Gasteiger partial charge in [0, 0.05) is 42.2 Å². The monoisotopic (exact) mass is 806 g/mol. The van der Waals surface area contributed by atoms with Gasteiger partial charge in [0.2, 0.25) is 5.91 Å². The Kier molecular flexibility index (Phi) is 14.3. The fourth-order valence-electron chi connectivity index (χ4n) is 7.32. The highest BCUT2D eigenvalue weighted by atomic mass is 32.2. The Morgan fingerprint density at radius 3 is 1.72 bits per heavy atom. The van der Waals surface area contributed by atoms with Gasteiger partial charge in [0.25, 0.3) is 5.56 Å². The lowest BCUT2D eigenvalue weighted by molar-refractivity contribution is -0.136. The first kappa shape index (κ1) is 49.0. The topological polar surface area (TPSA) is 58.4 Å². The van der Waals surface area contributed by atoms with Crippen LogP contribution in [0.25, 0.3) is 11.1 Å². The van der Waals surface area contributed by atoms with Gasteiger partial charge in [-0.05, 0) is 47.5 Å². The van der Waals surface area contributed by atoms with Crippen molar-refractivity contribution in [3.63, 3.8) is 0 Å². The third-order valence-corrected chi connectivity index (χ3v) is 12.2. The number of halogens is 4. The van der Waals surface area contributed by atoms with Crippen LogP contribution in [0.2, 0.25) is 5.21 Å². The zero-order valence-electron chi connectivity index (χ0n) is 33.4. The van der Waals surface area contributed by atoms with E-state index < -0.39 is 78.6 Å². The van der Waals surface area contributed by atoms with Crippen LogP contribution in [0.3, 0.4) is 0 Å². The number of aromatic nitrogens is 2. The van der Waals surface area contributed by atoms with Crippen LogP contribution in [0.15, 0.2) is 34.2 Å². The molecule has 5 rings (SSSR count). The van der Waals surface area contributed by atoms with E-state index in [-0.39, 0.29) is 68.2 Å². The van der Waals surface area contributed by atoms with E-state index in [0.29, 0.717) is 25.2 Å². The summed E-state index contributed by atoms with van der Waals surface area (Å²) >= 11 is 0.987. The third-order valence-electron chi connectivity index (χ3n) is 11.1. The molecule has 0 spiro atoms. The van der Waals surface area contributed by atoms with Gasteiger partial charge in [0.05, 0.1) is 47.1 Å². The van der Waals surface area contributed by atoms with Crippen LogP contribution in [-0.4, -0.2) is 161 Å². The summed E-state index contributed by atoms with van der Waals surface area (Å²) in [7, 11) is 88.7. The Morgan fingerprint density at radius 2 is 1.25 bits per heavy atom. The number of alkyl halides is 3. The highest BCUT2D eigenvalue weighted by Gasteiger charge is 2.57. The lowest BCUT2D eigenvalue weighted by atomic mass is 9.20. The Balaban J connectivity index is 1.66. The van der Waals surface area contributed by atoms with Crippen molar-refractivity contribution in [1.29, 1.82) is 0 Å². The molecular formula is C36H24B14F4N4O2S. The van der Waals surface area contributed by atoms with Crippen molar-refractivity contribution >= 4 is 171 Å². The molecule has 276 valence electrons. The summed E-state index contributed by atoms with van der Waals surface area (Å²) in [5.41, 5.74) is -7.18. The van der Waals surface area contributed by atoms with E-state index in [1.54, 1.807) is 0 Å². The maximum atomic E-state index is 14.8. The Bertz CT molecular complexity index is 2390. The van der Waals surface area contributed by atoms with Gasteiger partial charge in [0.1, 0.15) is 75.1 Å². The highest BCUT2D eigenvalue weighted by molar-refractivity contribution is 7.98. The summed E-state index contributed by atoms with van der Waals surface area (Å²) in [5.74, 6) is -0.995. The molecule has 0 saturated heterocycles. The molecule has 0 atom stereocenters. The first-order valence-corrected chi connectivity index (χ1v) is 19.5. The predicted octanol–water partition coefficient (Wildman–Crippen LogP) is -5.47. The van der Waals surface area contributed by atoms with Crippen LogP contribution in [-0.2, 0) is 40.2 Å². The maximum Gasteiger partial charge on any atom is 0.415 e. The van der Waals surface area contributed by atoms with Crippen molar-refractivity contribution in [3.8, 4) is 11.1 Å². The minimum Gasteiger partial charge on any atom is -0.336 e. The molecule has 1 aliphatic carbocycles. The third kappa shape index (κ3) is 8.66. The molecule has 61 heavy (non-hydrogen) atoms. The van der Waals surface area contributed by atoms with Crippen LogP contribution >= 0.6 is 11.8 Å². The number of amides is 1. The van der Waals surface area contributed by atoms with Crippen molar-refractivity contribution in [2.75, 3.05) is 26.2 Å². The first-order valence-electron chi connectivity index (χ1n) is 18.5. The molecule has 0 fully saturated rings. The number of nitrogens with zero attached hydrogens (tertiary/aromatic N) is 4. The molecule has 0 bridgehead atoms. The van der Waals surface area contributed by atoms with Gasteiger partial charge >= 0.3 is 6.18 Å². The van der Waals surface area contributed by atoms with Crippen molar-refractivity contribution < 1.29 is 22.4 Å². The average Bonchev–Trinajstić information content (AvgIpc) is 3.29. The van der Waals surface area contributed by atoms with E-state index in [1.165, 1.54) is 33.7 Å². The van der Waals surface area contributed by atoms with E-state index in [9.17, 15) is 27.2 Å². The van der Waals surface area contributed by atoms with Crippen molar-refractivity contribution in [2.45, 2.75) is 59.7 Å². The fraction of sp³-hybridized carbons (Fsp3) is 0.361. The minimum absolute atomic E-state index is 0.0342. The molecule has 0 N–H and O–H groups in total. The number of thioether (sulfide) groups is 1. The molecule has 4 aromatic rings. The summed E-state index contributed by atoms with van der Waals surface area (Å²) in [5, 5.41) is -7.08. The number of carbonyl (C=O) groups is 1. The second-order valence-electron chi connectivity index (χ2n) is 14.8. The molecular weight excluding hydrogens is 780 g/mol. The number of fused-ring (bicyclic) bond motifs is 1. The van der Waals surface area contributed by atoms with E-state index in [0.717, 1.165) is 11.8 Å². The highest BCUT2D eigenvalue weighted by Crippen LogP contribution is 2.57. The number of hydrogen-bond acceptors (Lipinski definition) is 5. The predicted molar refractivity (Wildman–Crippen MR) is 248 cm³/mol. The molecule has 28 radical (unpaired) electrons. The number of benzene rings is 3. The molecule has 0 aliphatic heterocycles. The molecule has 0 saturated carbocycles. The number of hydrogen-bond donors (Lipinski definition) is 0. The first-order chi connectivity index (χ1) is 28.2. The van der Waals surface area contributed by atoms with Crippen LogP contribution in [0.4, 0.5) is 17.6 Å². The molecule has 3 aromatic carbocycles. The molecule has 1 heterocycles. The van der Waals surface area contributed by atoms with Crippen molar-refractivity contribution in [3.05, 3.63) is 68.4 Å². The maximum absolute atomic E-state index is 14.8. The molecule has 0 unspecified atom stereocenters. The summed E-state index contributed by atoms with van der Waals surface area (Å²) in [6.45, 7) is 4.44. The summed E-state index contributed by atoms with van der Waals surface area (Å²) in [4.78, 5) is 36.0. The molecule has 6 nitrogen and oxygen atoms in total. The normalized spacial score (nSPS) is 15.2. The Morgan fingerprint density at radius 1 is 0.754 bits per heavy atom. The number of rotatable bonds is 13. The van der Waals surface area contributed by atoms with E-state index in [4.69, 9.17) is 110 Å². The molecule has 1 amide bonds. The summed E-state index contributed by atoms with van der Waals surface area (Å²) < 4.78 is 56.7. The van der Waals surface area contributed by atoms with Crippen LogP contribution in [0.5, 0.6) is 0 Å². The van der Waals surface area contributed by atoms with Crippen LogP contribution in [0, 0.1) is 5.82 Å². The number of likely N-dealkylation sites (N-methyl/N-ethyl adjacent to an activating group) is 1. The molecule has 25 heteroatoms. The van der Waals surface area contributed by atoms with Gasteiger partial charge < -0.3 is 14.4 Å². The lowest BCUT2D eigenvalue weighted by Crippen LogP contribution is -2.53. The van der Waals surface area contributed by atoms with Gasteiger partial charge in [-0.1, -0.05) is 91.9 Å². The average molecular weight is 804 g/mol. The van der Waals surface area contributed by atoms with Gasteiger partial charge in [-0.15, -0.1) is 5.21 Å². The van der Waals surface area contributed by atoms with Gasteiger partial charge in [-0.3, -0.25) is 9.59 Å². The SMILES string of the molecule is [B]c1c([B])c(-c2c([B])c([B])c(C(F)(F)F)c([B])c2[B])c([B])c([B])c1CN(CCN(CC)CC)C(=O)Cn1c(SCc2ccc(F)cc2)nc(=O)c2c1C([B])([B])C([B])([B])C2([B])[B]. The van der Waals surface area contributed by atoms with E-state index in [1.807, 2.05) is 18.7 Å². The zero-order chi connectivity index (χ0) is 45.9.